The third-order valence-electron chi connectivity index (χ3n) is 2.53. The number of H-pyrrole nitrogens is 1. The van der Waals surface area contributed by atoms with E-state index < -0.39 is 5.63 Å². The number of hydrogen-bond donors (Lipinski definition) is 1. The first-order chi connectivity index (χ1) is 8.08. The fraction of sp³-hybridized carbons (Fsp3) is 0.154. The SMILES string of the molecule is C=c1[nH]oc(=O)/c1=C\c1ccc(N(C)C)cc1. The highest BCUT2D eigenvalue weighted by Gasteiger charge is 1.97. The number of aromatic nitrogens is 1. The molecule has 0 amide bonds. The molecule has 88 valence electrons. The number of benzene rings is 1. The number of aromatic amines is 1. The maximum Gasteiger partial charge on any atom is 0.365 e. The molecule has 0 spiro atoms. The predicted molar refractivity (Wildman–Crippen MR) is 68.4 cm³/mol. The second-order valence-electron chi connectivity index (χ2n) is 4.01. The molecule has 0 radical (unpaired) electrons. The molecular formula is C13H14N2O2. The van der Waals surface area contributed by atoms with E-state index >= 15 is 0 Å². The molecule has 0 saturated heterocycles. The molecule has 0 saturated carbocycles. The van der Waals surface area contributed by atoms with Gasteiger partial charge in [0, 0.05) is 19.8 Å². The summed E-state index contributed by atoms with van der Waals surface area (Å²) in [6.45, 7) is 3.69. The number of nitrogens with zero attached hydrogens (tertiary/aromatic N) is 1. The molecule has 0 fully saturated rings. The van der Waals surface area contributed by atoms with Crippen molar-refractivity contribution >= 4 is 18.3 Å². The maximum atomic E-state index is 11.3. The second kappa shape index (κ2) is 4.33. The van der Waals surface area contributed by atoms with Gasteiger partial charge in [0.1, 0.15) is 0 Å². The lowest BCUT2D eigenvalue weighted by Crippen LogP contribution is -2.31. The Morgan fingerprint density at radius 3 is 2.41 bits per heavy atom. The van der Waals surface area contributed by atoms with Gasteiger partial charge in [-0.15, -0.1) is 0 Å². The molecule has 1 aromatic carbocycles. The average Bonchev–Trinajstić information content (AvgIpc) is 2.61. The Balaban J connectivity index is 2.47. The van der Waals surface area contributed by atoms with Crippen LogP contribution in [0.4, 0.5) is 5.69 Å². The largest absolute Gasteiger partial charge is 0.378 e. The summed E-state index contributed by atoms with van der Waals surface area (Å²) in [6, 6.07) is 7.87. The van der Waals surface area contributed by atoms with Crippen molar-refractivity contribution < 1.29 is 4.52 Å². The number of hydrogen-bond acceptors (Lipinski definition) is 3. The van der Waals surface area contributed by atoms with Gasteiger partial charge in [0.2, 0.25) is 0 Å². The van der Waals surface area contributed by atoms with Crippen molar-refractivity contribution in [2.24, 2.45) is 0 Å². The third-order valence-corrected chi connectivity index (χ3v) is 2.53. The molecule has 1 aromatic heterocycles. The molecular weight excluding hydrogens is 216 g/mol. The van der Waals surface area contributed by atoms with Crippen LogP contribution in [0.15, 0.2) is 33.6 Å². The van der Waals surface area contributed by atoms with Crippen molar-refractivity contribution in [3.05, 3.63) is 50.8 Å². The van der Waals surface area contributed by atoms with Crippen LogP contribution in [0, 0.1) is 0 Å². The topological polar surface area (TPSA) is 49.2 Å². The quantitative estimate of drug-likeness (QED) is 0.805. The van der Waals surface area contributed by atoms with E-state index in [9.17, 15) is 4.79 Å². The lowest BCUT2D eigenvalue weighted by Gasteiger charge is -2.11. The van der Waals surface area contributed by atoms with Crippen LogP contribution in [0.3, 0.4) is 0 Å². The van der Waals surface area contributed by atoms with Crippen LogP contribution in [0.5, 0.6) is 0 Å². The lowest BCUT2D eigenvalue weighted by molar-refractivity contribution is 0.386. The predicted octanol–water partition coefficient (Wildman–Crippen LogP) is 0.273. The fourth-order valence-electron chi connectivity index (χ4n) is 1.52. The van der Waals surface area contributed by atoms with Crippen LogP contribution < -0.4 is 21.1 Å². The zero-order valence-corrected chi connectivity index (χ0v) is 9.86. The van der Waals surface area contributed by atoms with Gasteiger partial charge in [-0.3, -0.25) is 0 Å². The number of nitrogens with one attached hydrogen (secondary N) is 1. The van der Waals surface area contributed by atoms with Crippen LogP contribution in [0.1, 0.15) is 5.56 Å². The molecule has 1 N–H and O–H groups in total. The zero-order chi connectivity index (χ0) is 12.4. The fourth-order valence-corrected chi connectivity index (χ4v) is 1.52. The standard InChI is InChI=1S/C13H14N2O2/c1-9-12(13(16)17-14-9)8-10-4-6-11(7-5-10)15(2)3/h4-8,14H,1H2,2-3H3/b12-8-. The van der Waals surface area contributed by atoms with Crippen LogP contribution >= 0.6 is 0 Å². The Kier molecular flexibility index (Phi) is 2.87. The lowest BCUT2D eigenvalue weighted by atomic mass is 10.1. The van der Waals surface area contributed by atoms with Gasteiger partial charge in [-0.05, 0) is 23.8 Å². The Bertz CT molecular complexity index is 632. The van der Waals surface area contributed by atoms with Gasteiger partial charge in [-0.1, -0.05) is 18.7 Å². The number of anilines is 1. The Hall–Kier alpha value is -2.23. The van der Waals surface area contributed by atoms with Crippen molar-refractivity contribution in [2.75, 3.05) is 19.0 Å². The second-order valence-corrected chi connectivity index (χ2v) is 4.01. The molecule has 17 heavy (non-hydrogen) atoms. The summed E-state index contributed by atoms with van der Waals surface area (Å²) in [7, 11) is 3.96. The molecule has 4 nitrogen and oxygen atoms in total. The smallest absolute Gasteiger partial charge is 0.365 e. The monoisotopic (exact) mass is 230 g/mol. The molecule has 2 aromatic rings. The van der Waals surface area contributed by atoms with Crippen molar-refractivity contribution in [1.82, 2.24) is 5.16 Å². The summed E-state index contributed by atoms with van der Waals surface area (Å²) in [5.41, 5.74) is 1.65. The van der Waals surface area contributed by atoms with Crippen molar-refractivity contribution in [3.63, 3.8) is 0 Å². The molecule has 0 atom stereocenters. The van der Waals surface area contributed by atoms with E-state index in [1.165, 1.54) is 0 Å². The van der Waals surface area contributed by atoms with E-state index in [1.54, 1.807) is 6.08 Å². The summed E-state index contributed by atoms with van der Waals surface area (Å²) >= 11 is 0. The highest BCUT2D eigenvalue weighted by atomic mass is 16.5. The normalized spacial score (nSPS) is 11.8. The van der Waals surface area contributed by atoms with Gasteiger partial charge in [-0.2, -0.15) is 0 Å². The van der Waals surface area contributed by atoms with Gasteiger partial charge >= 0.3 is 5.63 Å². The molecule has 1 heterocycles. The molecule has 0 bridgehead atoms. The minimum atomic E-state index is -0.397. The van der Waals surface area contributed by atoms with E-state index in [4.69, 9.17) is 0 Å². The Morgan fingerprint density at radius 1 is 1.29 bits per heavy atom. The summed E-state index contributed by atoms with van der Waals surface area (Å²) in [4.78, 5) is 13.4. The molecule has 2 rings (SSSR count). The first-order valence-corrected chi connectivity index (χ1v) is 5.23. The van der Waals surface area contributed by atoms with Crippen molar-refractivity contribution in [1.29, 1.82) is 0 Å². The first kappa shape index (κ1) is 11.3. The van der Waals surface area contributed by atoms with Crippen LogP contribution in [-0.2, 0) is 0 Å². The molecule has 0 aliphatic rings. The highest BCUT2D eigenvalue weighted by molar-refractivity contribution is 5.55. The van der Waals surface area contributed by atoms with Gasteiger partial charge in [-0.25, -0.2) is 9.95 Å². The van der Waals surface area contributed by atoms with Gasteiger partial charge in [0.05, 0.1) is 10.6 Å². The Morgan fingerprint density at radius 2 is 1.94 bits per heavy atom. The van der Waals surface area contributed by atoms with Crippen molar-refractivity contribution in [3.8, 4) is 0 Å². The first-order valence-electron chi connectivity index (χ1n) is 5.23. The van der Waals surface area contributed by atoms with Gasteiger partial charge in [0.15, 0.2) is 0 Å². The van der Waals surface area contributed by atoms with Crippen LogP contribution in [0.25, 0.3) is 12.7 Å². The molecule has 0 unspecified atom stereocenters. The molecule has 0 aliphatic carbocycles. The zero-order valence-electron chi connectivity index (χ0n) is 9.86. The van der Waals surface area contributed by atoms with E-state index in [0.29, 0.717) is 10.6 Å². The maximum absolute atomic E-state index is 11.3. The van der Waals surface area contributed by atoms with Crippen molar-refractivity contribution in [2.45, 2.75) is 0 Å². The van der Waals surface area contributed by atoms with E-state index in [-0.39, 0.29) is 0 Å². The summed E-state index contributed by atoms with van der Waals surface area (Å²) in [5.74, 6) is 0. The van der Waals surface area contributed by atoms with Crippen LogP contribution in [0.2, 0.25) is 0 Å². The molecule has 4 heteroatoms. The minimum absolute atomic E-state index is 0.397. The molecule has 0 aliphatic heterocycles. The van der Waals surface area contributed by atoms with Gasteiger partial charge in [0.25, 0.3) is 0 Å². The minimum Gasteiger partial charge on any atom is -0.378 e. The Labute approximate surface area is 98.5 Å². The summed E-state index contributed by atoms with van der Waals surface area (Å²) in [6.07, 6.45) is 1.75. The van der Waals surface area contributed by atoms with E-state index in [1.807, 2.05) is 43.3 Å². The highest BCUT2D eigenvalue weighted by Crippen LogP contribution is 2.12. The van der Waals surface area contributed by atoms with E-state index in [2.05, 4.69) is 16.3 Å². The van der Waals surface area contributed by atoms with Crippen LogP contribution in [-0.4, -0.2) is 19.3 Å². The van der Waals surface area contributed by atoms with E-state index in [0.717, 1.165) is 11.3 Å². The summed E-state index contributed by atoms with van der Waals surface area (Å²) < 4.78 is 4.65. The number of rotatable bonds is 2. The summed E-state index contributed by atoms with van der Waals surface area (Å²) in [5, 5.41) is 3.40. The third kappa shape index (κ3) is 2.30. The van der Waals surface area contributed by atoms with Gasteiger partial charge < -0.3 is 9.42 Å². The average molecular weight is 230 g/mol.